The van der Waals surface area contributed by atoms with Crippen LogP contribution in [0.2, 0.25) is 0 Å². The summed E-state index contributed by atoms with van der Waals surface area (Å²) in [5, 5.41) is 13.9. The van der Waals surface area contributed by atoms with Crippen LogP contribution in [-0.2, 0) is 4.79 Å². The summed E-state index contributed by atoms with van der Waals surface area (Å²) in [6.45, 7) is 1.82. The van der Waals surface area contributed by atoms with Gasteiger partial charge < -0.3 is 19.5 Å². The molecule has 10 heteroatoms. The molecular weight excluding hydrogens is 472 g/mol. The van der Waals surface area contributed by atoms with E-state index >= 15 is 0 Å². The zero-order valence-corrected chi connectivity index (χ0v) is 20.8. The van der Waals surface area contributed by atoms with Crippen molar-refractivity contribution in [3.05, 3.63) is 60.0 Å². The molecule has 4 aromatic rings. The van der Waals surface area contributed by atoms with Crippen molar-refractivity contribution in [1.82, 2.24) is 14.8 Å². The molecular formula is C24H24N4O4S2. The fourth-order valence-corrected chi connectivity index (χ4v) is 4.84. The molecule has 1 N–H and O–H groups in total. The van der Waals surface area contributed by atoms with E-state index in [0.717, 1.165) is 10.6 Å². The highest BCUT2D eigenvalue weighted by Crippen LogP contribution is 2.35. The number of nitrogens with zero attached hydrogens (tertiary/aromatic N) is 3. The van der Waals surface area contributed by atoms with Gasteiger partial charge in [0, 0.05) is 23.9 Å². The van der Waals surface area contributed by atoms with Gasteiger partial charge in [-0.3, -0.25) is 9.36 Å². The van der Waals surface area contributed by atoms with Gasteiger partial charge in [-0.15, -0.1) is 21.5 Å². The normalized spacial score (nSPS) is 11.6. The largest absolute Gasteiger partial charge is 0.497 e. The van der Waals surface area contributed by atoms with Gasteiger partial charge in [-0.05, 0) is 30.5 Å². The van der Waals surface area contributed by atoms with Crippen molar-refractivity contribution >= 4 is 34.7 Å². The summed E-state index contributed by atoms with van der Waals surface area (Å²) in [5.74, 6) is 2.36. The monoisotopic (exact) mass is 496 g/mol. The van der Waals surface area contributed by atoms with Gasteiger partial charge in [0.05, 0.1) is 37.1 Å². The highest BCUT2D eigenvalue weighted by Gasteiger charge is 2.24. The van der Waals surface area contributed by atoms with Crippen molar-refractivity contribution in [3.63, 3.8) is 0 Å². The van der Waals surface area contributed by atoms with Crippen molar-refractivity contribution in [2.75, 3.05) is 26.6 Å². The van der Waals surface area contributed by atoms with Crippen LogP contribution in [0.1, 0.15) is 6.92 Å². The Morgan fingerprint density at radius 2 is 1.74 bits per heavy atom. The topological polar surface area (TPSA) is 87.5 Å². The van der Waals surface area contributed by atoms with Gasteiger partial charge >= 0.3 is 0 Å². The Kier molecular flexibility index (Phi) is 7.39. The zero-order chi connectivity index (χ0) is 24.1. The summed E-state index contributed by atoms with van der Waals surface area (Å²) in [7, 11) is 4.75. The number of rotatable bonds is 9. The first kappa shape index (κ1) is 23.7. The average Bonchev–Trinajstić information content (AvgIpc) is 3.53. The molecule has 4 rings (SSSR count). The molecule has 1 atom stereocenters. The average molecular weight is 497 g/mol. The van der Waals surface area contributed by atoms with Crippen LogP contribution < -0.4 is 19.5 Å². The summed E-state index contributed by atoms with van der Waals surface area (Å²) in [6.07, 6.45) is 0. The zero-order valence-electron chi connectivity index (χ0n) is 19.1. The van der Waals surface area contributed by atoms with Crippen LogP contribution in [0.25, 0.3) is 16.4 Å². The number of thiophene rings is 1. The molecule has 2 aromatic heterocycles. The van der Waals surface area contributed by atoms with Crippen molar-refractivity contribution in [1.29, 1.82) is 0 Å². The second kappa shape index (κ2) is 10.6. The third-order valence-corrected chi connectivity index (χ3v) is 6.88. The van der Waals surface area contributed by atoms with Gasteiger partial charge in [0.15, 0.2) is 11.0 Å². The second-order valence-corrected chi connectivity index (χ2v) is 9.40. The molecule has 0 aliphatic rings. The van der Waals surface area contributed by atoms with Crippen LogP contribution in [0.5, 0.6) is 17.2 Å². The summed E-state index contributed by atoms with van der Waals surface area (Å²) < 4.78 is 18.1. The molecule has 8 nitrogen and oxygen atoms in total. The molecule has 0 fully saturated rings. The molecule has 0 bridgehead atoms. The third kappa shape index (κ3) is 5.02. The van der Waals surface area contributed by atoms with Gasteiger partial charge in [-0.2, -0.15) is 0 Å². The lowest BCUT2D eigenvalue weighted by molar-refractivity contribution is -0.115. The van der Waals surface area contributed by atoms with E-state index in [0.29, 0.717) is 33.9 Å². The molecule has 0 saturated carbocycles. The van der Waals surface area contributed by atoms with Crippen molar-refractivity contribution < 1.29 is 19.0 Å². The molecule has 0 saturated heterocycles. The van der Waals surface area contributed by atoms with E-state index in [1.54, 1.807) is 50.9 Å². The Morgan fingerprint density at radius 1 is 1.00 bits per heavy atom. The molecule has 2 aromatic carbocycles. The van der Waals surface area contributed by atoms with E-state index in [-0.39, 0.29) is 5.91 Å². The lowest BCUT2D eigenvalue weighted by Gasteiger charge is -2.16. The minimum atomic E-state index is -0.467. The Hall–Kier alpha value is -3.50. The Bertz CT molecular complexity index is 1250. The number of hydrogen-bond donors (Lipinski definition) is 1. The Labute approximate surface area is 205 Å². The molecule has 0 spiro atoms. The molecule has 0 radical (unpaired) electrons. The first-order valence-electron chi connectivity index (χ1n) is 10.4. The Morgan fingerprint density at radius 3 is 2.38 bits per heavy atom. The minimum absolute atomic E-state index is 0.187. The summed E-state index contributed by atoms with van der Waals surface area (Å²) in [5.41, 5.74) is 1.38. The number of benzene rings is 2. The number of methoxy groups -OCH3 is 3. The maximum Gasteiger partial charge on any atom is 0.237 e. The lowest BCUT2D eigenvalue weighted by atomic mass is 10.2. The van der Waals surface area contributed by atoms with Crippen LogP contribution in [0, 0.1) is 0 Å². The molecule has 0 aliphatic heterocycles. The first-order chi connectivity index (χ1) is 16.5. The minimum Gasteiger partial charge on any atom is -0.497 e. The van der Waals surface area contributed by atoms with Crippen LogP contribution in [0.15, 0.2) is 65.1 Å². The van der Waals surface area contributed by atoms with Crippen LogP contribution in [0.3, 0.4) is 0 Å². The summed E-state index contributed by atoms with van der Waals surface area (Å²) in [4.78, 5) is 14.0. The van der Waals surface area contributed by atoms with E-state index < -0.39 is 5.25 Å². The molecule has 0 aliphatic carbocycles. The molecule has 1 unspecified atom stereocenters. The highest BCUT2D eigenvalue weighted by atomic mass is 32.2. The van der Waals surface area contributed by atoms with E-state index in [1.165, 1.54) is 11.8 Å². The summed E-state index contributed by atoms with van der Waals surface area (Å²) in [6, 6.07) is 16.8. The summed E-state index contributed by atoms with van der Waals surface area (Å²) >= 11 is 2.88. The number of hydrogen-bond acceptors (Lipinski definition) is 8. The van der Waals surface area contributed by atoms with E-state index in [1.807, 2.05) is 53.3 Å². The quantitative estimate of drug-likeness (QED) is 0.321. The van der Waals surface area contributed by atoms with Crippen LogP contribution >= 0.6 is 23.1 Å². The maximum atomic E-state index is 13.0. The first-order valence-corrected chi connectivity index (χ1v) is 12.1. The van der Waals surface area contributed by atoms with Gasteiger partial charge in [0.2, 0.25) is 5.91 Å². The number of para-hydroxylation sites is 2. The van der Waals surface area contributed by atoms with Crippen LogP contribution in [0.4, 0.5) is 5.69 Å². The third-order valence-electron chi connectivity index (χ3n) is 4.97. The van der Waals surface area contributed by atoms with Crippen molar-refractivity contribution in [3.8, 4) is 33.6 Å². The SMILES string of the molecule is COc1cc(NC(=O)C(C)Sc2nnc(-c3cccs3)n2-c2ccccc2OC)cc(OC)c1. The number of carbonyl (C=O) groups is 1. The van der Waals surface area contributed by atoms with Gasteiger partial charge in [0.1, 0.15) is 17.2 Å². The van der Waals surface area contributed by atoms with Gasteiger partial charge in [-0.25, -0.2) is 0 Å². The van der Waals surface area contributed by atoms with Crippen molar-refractivity contribution in [2.45, 2.75) is 17.3 Å². The molecule has 34 heavy (non-hydrogen) atoms. The van der Waals surface area contributed by atoms with E-state index in [9.17, 15) is 4.79 Å². The fourth-order valence-electron chi connectivity index (χ4n) is 3.28. The fraction of sp³-hybridized carbons (Fsp3) is 0.208. The molecule has 176 valence electrons. The van der Waals surface area contributed by atoms with Crippen molar-refractivity contribution in [2.24, 2.45) is 0 Å². The smallest absolute Gasteiger partial charge is 0.237 e. The van der Waals surface area contributed by atoms with Crippen LogP contribution in [-0.4, -0.2) is 47.3 Å². The van der Waals surface area contributed by atoms with E-state index in [2.05, 4.69) is 15.5 Å². The highest BCUT2D eigenvalue weighted by molar-refractivity contribution is 8.00. The number of thioether (sulfide) groups is 1. The number of nitrogens with one attached hydrogen (secondary N) is 1. The van der Waals surface area contributed by atoms with Gasteiger partial charge in [0.25, 0.3) is 0 Å². The van der Waals surface area contributed by atoms with E-state index in [4.69, 9.17) is 14.2 Å². The lowest BCUT2D eigenvalue weighted by Crippen LogP contribution is -2.23. The number of aromatic nitrogens is 3. The molecule has 1 amide bonds. The number of amides is 1. The standard InChI is InChI=1S/C24H24N4O4S2/c1-15(23(29)25-16-12-17(30-2)14-18(13-16)31-3)34-24-27-26-22(21-10-7-11-33-21)28(24)19-8-5-6-9-20(19)32-4/h5-15H,1-4H3,(H,25,29). The molecule has 2 heterocycles. The predicted octanol–water partition coefficient (Wildman–Crippen LogP) is 5.14. The Balaban J connectivity index is 1.63. The number of carbonyl (C=O) groups excluding carboxylic acids is 1. The number of ether oxygens (including phenoxy) is 3. The predicted molar refractivity (Wildman–Crippen MR) is 135 cm³/mol. The maximum absolute atomic E-state index is 13.0. The van der Waals surface area contributed by atoms with Gasteiger partial charge in [-0.1, -0.05) is 30.0 Å². The second-order valence-electron chi connectivity index (χ2n) is 7.14. The number of anilines is 1.